The molecule has 1 unspecified atom stereocenters. The largest absolute Gasteiger partial charge is 0.370 e. The fourth-order valence-electron chi connectivity index (χ4n) is 3.57. The lowest BCUT2D eigenvalue weighted by Crippen LogP contribution is -2.17. The van der Waals surface area contributed by atoms with Crippen LogP contribution in [-0.4, -0.2) is 38.0 Å². The molecule has 0 aliphatic carbocycles. The van der Waals surface area contributed by atoms with Crippen LogP contribution in [-0.2, 0) is 15.8 Å². The normalized spacial score (nSPS) is 19.6. The summed E-state index contributed by atoms with van der Waals surface area (Å²) in [7, 11) is -1.58. The summed E-state index contributed by atoms with van der Waals surface area (Å²) in [6.45, 7) is 2.20. The minimum Gasteiger partial charge on any atom is -0.370 e. The fraction of sp³-hybridized carbons (Fsp3) is 0.211. The van der Waals surface area contributed by atoms with E-state index in [0.29, 0.717) is 5.03 Å². The lowest BCUT2D eigenvalue weighted by Gasteiger charge is -2.17. The van der Waals surface area contributed by atoms with E-state index in [0.717, 1.165) is 40.9 Å². The lowest BCUT2D eigenvalue weighted by molar-refractivity contribution is -0.114. The highest BCUT2D eigenvalue weighted by Crippen LogP contribution is 2.27. The molecule has 3 aromatic rings. The number of carbonyl (C=O) groups excluding carboxylic acids is 1. The number of nitrogens with zero attached hydrogens (tertiary/aromatic N) is 4. The number of nitrogens with one attached hydrogen (secondary N) is 1. The SMILES string of the molecule is O=C1C=C(n2ncc3cc(-c4ccc(N5CCCC5)cn4)ccc32)S(=O)N1. The molecule has 7 nitrogen and oxygen atoms in total. The first-order valence-corrected chi connectivity index (χ1v) is 9.98. The van der Waals surface area contributed by atoms with Crippen LogP contribution in [0.15, 0.2) is 48.8 Å². The van der Waals surface area contributed by atoms with Crippen molar-refractivity contribution in [3.8, 4) is 11.3 Å². The third-order valence-corrected chi connectivity index (χ3v) is 5.99. The van der Waals surface area contributed by atoms with Crippen molar-refractivity contribution >= 4 is 38.5 Å². The Balaban J connectivity index is 1.48. The molecule has 1 N–H and O–H groups in total. The van der Waals surface area contributed by atoms with Gasteiger partial charge < -0.3 is 4.90 Å². The second-order valence-corrected chi connectivity index (χ2v) is 7.80. The predicted molar refractivity (Wildman–Crippen MR) is 105 cm³/mol. The Labute approximate surface area is 158 Å². The predicted octanol–water partition coefficient (Wildman–Crippen LogP) is 2.29. The molecule has 2 aliphatic rings. The molecule has 4 heterocycles. The number of pyridine rings is 1. The molecule has 2 aromatic heterocycles. The number of aromatic nitrogens is 3. The zero-order valence-electron chi connectivity index (χ0n) is 14.5. The second kappa shape index (κ2) is 6.31. The van der Waals surface area contributed by atoms with Gasteiger partial charge in [0, 0.05) is 30.1 Å². The Morgan fingerprint density at radius 3 is 2.63 bits per heavy atom. The van der Waals surface area contributed by atoms with Crippen LogP contribution >= 0.6 is 0 Å². The molecule has 0 spiro atoms. The van der Waals surface area contributed by atoms with Crippen LogP contribution in [0.3, 0.4) is 0 Å². The topological polar surface area (TPSA) is 80.1 Å². The van der Waals surface area contributed by atoms with Gasteiger partial charge in [-0.05, 0) is 37.1 Å². The second-order valence-electron chi connectivity index (χ2n) is 6.64. The third-order valence-electron chi connectivity index (χ3n) is 4.93. The van der Waals surface area contributed by atoms with E-state index in [1.165, 1.54) is 23.6 Å². The van der Waals surface area contributed by atoms with Crippen molar-refractivity contribution < 1.29 is 9.00 Å². The molecule has 1 aromatic carbocycles. The first-order chi connectivity index (χ1) is 13.2. The van der Waals surface area contributed by atoms with E-state index >= 15 is 0 Å². The van der Waals surface area contributed by atoms with E-state index in [9.17, 15) is 9.00 Å². The molecule has 5 rings (SSSR count). The Morgan fingerprint density at radius 1 is 1.07 bits per heavy atom. The van der Waals surface area contributed by atoms with Crippen LogP contribution in [0.1, 0.15) is 12.8 Å². The van der Waals surface area contributed by atoms with Gasteiger partial charge in [-0.3, -0.25) is 14.5 Å². The van der Waals surface area contributed by atoms with Gasteiger partial charge in [-0.25, -0.2) is 8.89 Å². The summed E-state index contributed by atoms with van der Waals surface area (Å²) >= 11 is 0. The van der Waals surface area contributed by atoms with E-state index in [1.807, 2.05) is 30.5 Å². The van der Waals surface area contributed by atoms with Gasteiger partial charge in [0.2, 0.25) is 0 Å². The summed E-state index contributed by atoms with van der Waals surface area (Å²) in [6.07, 6.45) is 7.43. The highest BCUT2D eigenvalue weighted by Gasteiger charge is 2.23. The third kappa shape index (κ3) is 2.82. The molecular formula is C19H17N5O2S. The smallest absolute Gasteiger partial charge is 0.258 e. The van der Waals surface area contributed by atoms with Crippen molar-refractivity contribution in [1.29, 1.82) is 0 Å². The zero-order valence-corrected chi connectivity index (χ0v) is 15.3. The maximum absolute atomic E-state index is 12.0. The summed E-state index contributed by atoms with van der Waals surface area (Å²) in [6, 6.07) is 10.0. The molecule has 1 saturated heterocycles. The van der Waals surface area contributed by atoms with Gasteiger partial charge in [0.15, 0.2) is 16.0 Å². The highest BCUT2D eigenvalue weighted by molar-refractivity contribution is 7.93. The molecule has 8 heteroatoms. The quantitative estimate of drug-likeness (QED) is 0.755. The number of anilines is 1. The van der Waals surface area contributed by atoms with E-state index in [4.69, 9.17) is 0 Å². The van der Waals surface area contributed by atoms with Crippen molar-refractivity contribution in [2.75, 3.05) is 18.0 Å². The summed E-state index contributed by atoms with van der Waals surface area (Å²) in [5, 5.41) is 5.54. The van der Waals surface area contributed by atoms with Crippen molar-refractivity contribution in [1.82, 2.24) is 19.5 Å². The fourth-order valence-corrected chi connectivity index (χ4v) is 4.43. The molecule has 1 fully saturated rings. The van der Waals surface area contributed by atoms with Crippen LogP contribution in [0.4, 0.5) is 5.69 Å². The van der Waals surface area contributed by atoms with E-state index in [-0.39, 0.29) is 5.91 Å². The van der Waals surface area contributed by atoms with Gasteiger partial charge >= 0.3 is 0 Å². The monoisotopic (exact) mass is 379 g/mol. The van der Waals surface area contributed by atoms with Gasteiger partial charge in [0.1, 0.15) is 0 Å². The minimum atomic E-state index is -1.58. The summed E-state index contributed by atoms with van der Waals surface area (Å²) in [5.74, 6) is -0.370. The highest BCUT2D eigenvalue weighted by atomic mass is 32.2. The van der Waals surface area contributed by atoms with Crippen LogP contribution in [0, 0.1) is 0 Å². The Hall–Kier alpha value is -3.00. The molecule has 0 saturated carbocycles. The van der Waals surface area contributed by atoms with Gasteiger partial charge in [-0.2, -0.15) is 5.10 Å². The maximum Gasteiger partial charge on any atom is 0.258 e. The lowest BCUT2D eigenvalue weighted by atomic mass is 10.1. The van der Waals surface area contributed by atoms with E-state index < -0.39 is 11.0 Å². The van der Waals surface area contributed by atoms with Crippen molar-refractivity contribution in [2.45, 2.75) is 12.8 Å². The Bertz CT molecular complexity index is 1100. The number of carbonyl (C=O) groups is 1. The molecule has 136 valence electrons. The summed E-state index contributed by atoms with van der Waals surface area (Å²) in [4.78, 5) is 18.4. The van der Waals surface area contributed by atoms with Crippen LogP contribution < -0.4 is 9.62 Å². The standard InChI is InChI=1S/C19H17N5O2S/c25-18-10-19(27(26)22-18)24-17-6-3-13(9-14(17)11-21-24)16-5-4-15(12-20-16)23-7-1-2-8-23/h3-6,9-12H,1-2,7-8H2,(H,22,25). The number of fused-ring (bicyclic) bond motifs is 1. The summed E-state index contributed by atoms with van der Waals surface area (Å²) < 4.78 is 15.9. The van der Waals surface area contributed by atoms with Gasteiger partial charge in [-0.15, -0.1) is 0 Å². The van der Waals surface area contributed by atoms with Gasteiger partial charge in [0.05, 0.1) is 29.3 Å². The molecule has 1 atom stereocenters. The number of benzene rings is 1. The minimum absolute atomic E-state index is 0.343. The number of amides is 1. The number of hydrogen-bond donors (Lipinski definition) is 1. The van der Waals surface area contributed by atoms with Crippen LogP contribution in [0.5, 0.6) is 0 Å². The molecule has 2 aliphatic heterocycles. The van der Waals surface area contributed by atoms with Crippen molar-refractivity contribution in [3.63, 3.8) is 0 Å². The molecular weight excluding hydrogens is 362 g/mol. The first-order valence-electron chi connectivity index (χ1n) is 8.83. The van der Waals surface area contributed by atoms with Crippen molar-refractivity contribution in [3.05, 3.63) is 48.8 Å². The molecule has 1 amide bonds. The molecule has 27 heavy (non-hydrogen) atoms. The van der Waals surface area contributed by atoms with Crippen LogP contribution in [0.2, 0.25) is 0 Å². The molecule has 0 bridgehead atoms. The maximum atomic E-state index is 12.0. The number of hydrogen-bond acceptors (Lipinski definition) is 5. The Kier molecular flexibility index (Phi) is 3.78. The van der Waals surface area contributed by atoms with Gasteiger partial charge in [-0.1, -0.05) is 6.07 Å². The van der Waals surface area contributed by atoms with Gasteiger partial charge in [0.25, 0.3) is 5.91 Å². The average molecular weight is 379 g/mol. The van der Waals surface area contributed by atoms with Crippen molar-refractivity contribution in [2.24, 2.45) is 0 Å². The van der Waals surface area contributed by atoms with Crippen LogP contribution in [0.25, 0.3) is 27.2 Å². The zero-order chi connectivity index (χ0) is 18.4. The Morgan fingerprint density at radius 2 is 1.93 bits per heavy atom. The molecule has 0 radical (unpaired) electrons. The summed E-state index contributed by atoms with van der Waals surface area (Å²) in [5.41, 5.74) is 3.85. The number of rotatable bonds is 3. The van der Waals surface area contributed by atoms with E-state index in [1.54, 1.807) is 6.20 Å². The first kappa shape index (κ1) is 16.2. The average Bonchev–Trinajstić information content (AvgIpc) is 3.41. The van der Waals surface area contributed by atoms with E-state index in [2.05, 4.69) is 25.8 Å².